The van der Waals surface area contributed by atoms with E-state index in [0.717, 1.165) is 29.7 Å². The molecule has 210 valence electrons. The predicted octanol–water partition coefficient (Wildman–Crippen LogP) is 9.45. The summed E-state index contributed by atoms with van der Waals surface area (Å²) in [6.07, 6.45) is 7.62. The van der Waals surface area contributed by atoms with Gasteiger partial charge in [0.2, 0.25) is 0 Å². The number of hydrogen-bond donors (Lipinski definition) is 0. The minimum Gasteiger partial charge on any atom is -0.484 e. The van der Waals surface area contributed by atoms with Gasteiger partial charge in [0.15, 0.2) is 5.85 Å². The number of phosphoric ester groups is 1. The third kappa shape index (κ3) is 8.17. The van der Waals surface area contributed by atoms with E-state index in [9.17, 15) is 9.13 Å². The van der Waals surface area contributed by atoms with E-state index in [1.807, 2.05) is 48.6 Å². The second-order valence-electron chi connectivity index (χ2n) is 9.18. The van der Waals surface area contributed by atoms with Crippen LogP contribution in [0.25, 0.3) is 11.1 Å². The van der Waals surface area contributed by atoms with Crippen molar-refractivity contribution < 1.29 is 32.0 Å². The highest BCUT2D eigenvalue weighted by Gasteiger charge is 2.33. The van der Waals surface area contributed by atoms with Crippen LogP contribution < -0.4 is 18.1 Å². The van der Waals surface area contributed by atoms with Crippen LogP contribution in [0.2, 0.25) is 0 Å². The van der Waals surface area contributed by atoms with Crippen molar-refractivity contribution in [3.63, 3.8) is 0 Å². The van der Waals surface area contributed by atoms with Crippen LogP contribution in [-0.4, -0.2) is 5.85 Å². The molecule has 1 aliphatic carbocycles. The van der Waals surface area contributed by atoms with E-state index in [4.69, 9.17) is 22.8 Å². The fourth-order valence-electron chi connectivity index (χ4n) is 3.98. The van der Waals surface area contributed by atoms with E-state index < -0.39 is 21.7 Å². The fourth-order valence-corrected chi connectivity index (χ4v) is 6.02. The van der Waals surface area contributed by atoms with Crippen LogP contribution in [0.4, 0.5) is 0 Å². The second kappa shape index (κ2) is 13.5. The van der Waals surface area contributed by atoms with Crippen molar-refractivity contribution in [1.29, 1.82) is 0 Å². The maximum absolute atomic E-state index is 13.6. The summed E-state index contributed by atoms with van der Waals surface area (Å²) >= 11 is 0. The second-order valence-corrected chi connectivity index (χ2v) is 12.3. The van der Waals surface area contributed by atoms with Crippen LogP contribution in [0.5, 0.6) is 23.0 Å². The zero-order valence-electron chi connectivity index (χ0n) is 22.4. The molecule has 9 heteroatoms. The molecule has 2 unspecified atom stereocenters. The van der Waals surface area contributed by atoms with Crippen LogP contribution in [0.3, 0.4) is 0 Å². The largest absolute Gasteiger partial charge is 0.647 e. The molecule has 4 aromatic carbocycles. The van der Waals surface area contributed by atoms with Crippen LogP contribution >= 0.6 is 15.9 Å². The van der Waals surface area contributed by atoms with Crippen LogP contribution in [-0.2, 0) is 13.9 Å². The van der Waals surface area contributed by atoms with Crippen molar-refractivity contribution in [3.8, 4) is 34.1 Å². The lowest BCUT2D eigenvalue weighted by atomic mass is 10.1. The van der Waals surface area contributed by atoms with Gasteiger partial charge in [-0.05, 0) is 79.1 Å². The van der Waals surface area contributed by atoms with Gasteiger partial charge < -0.3 is 22.8 Å². The standard InChI is InChI=1S/C32H30O7P2/c1-25(35-28-11-5-2-6-12-28)40(33)36-29-21-17-26(18-22-29)27-19-23-32(24-20-27)39-41(34,37-30-13-7-3-8-14-30)38-31-15-9-4-10-16-31/h2-5,7-11,13-25,40H,6,12H2,1H3. The number of benzene rings is 4. The van der Waals surface area contributed by atoms with Crippen LogP contribution in [0.1, 0.15) is 19.8 Å². The number of allylic oxidation sites excluding steroid dienone is 4. The zero-order valence-corrected chi connectivity index (χ0v) is 24.3. The molecule has 7 nitrogen and oxygen atoms in total. The molecule has 1 aliphatic rings. The monoisotopic (exact) mass is 588 g/mol. The third-order valence-electron chi connectivity index (χ3n) is 6.03. The Kier molecular flexibility index (Phi) is 9.30. The topological polar surface area (TPSA) is 80.3 Å². The predicted molar refractivity (Wildman–Crippen MR) is 161 cm³/mol. The van der Waals surface area contributed by atoms with E-state index >= 15 is 0 Å². The lowest BCUT2D eigenvalue weighted by molar-refractivity contribution is 0.176. The molecule has 0 radical (unpaired) electrons. The minimum absolute atomic E-state index is 0.319. The Morgan fingerprint density at radius 2 is 1.17 bits per heavy atom. The van der Waals surface area contributed by atoms with E-state index in [1.54, 1.807) is 79.7 Å². The maximum Gasteiger partial charge on any atom is 0.647 e. The van der Waals surface area contributed by atoms with E-state index in [1.165, 1.54) is 0 Å². The summed E-state index contributed by atoms with van der Waals surface area (Å²) in [5.41, 5.74) is 1.81. The van der Waals surface area contributed by atoms with E-state index in [2.05, 4.69) is 6.08 Å². The summed E-state index contributed by atoms with van der Waals surface area (Å²) in [5, 5.41) is 0. The molecule has 41 heavy (non-hydrogen) atoms. The summed E-state index contributed by atoms with van der Waals surface area (Å²) in [6, 6.07) is 31.8. The molecule has 0 saturated heterocycles. The van der Waals surface area contributed by atoms with Gasteiger partial charge in [-0.1, -0.05) is 72.8 Å². The van der Waals surface area contributed by atoms with Crippen LogP contribution in [0.15, 0.2) is 133 Å². The molecule has 0 saturated carbocycles. The lowest BCUT2D eigenvalue weighted by Crippen LogP contribution is -2.07. The average molecular weight is 589 g/mol. The Bertz CT molecular complexity index is 1510. The first-order chi connectivity index (χ1) is 20.0. The first kappa shape index (κ1) is 28.4. The first-order valence-corrected chi connectivity index (χ1v) is 16.0. The molecular formula is C32H30O7P2. The molecule has 0 N–H and O–H groups in total. The van der Waals surface area contributed by atoms with Crippen molar-refractivity contribution in [2.45, 2.75) is 25.6 Å². The molecule has 4 aromatic rings. The molecule has 0 heterocycles. The van der Waals surface area contributed by atoms with Gasteiger partial charge >= 0.3 is 7.82 Å². The summed E-state index contributed by atoms with van der Waals surface area (Å²) in [5.74, 6) is 1.83. The van der Waals surface area contributed by atoms with Gasteiger partial charge in [-0.2, -0.15) is 4.57 Å². The van der Waals surface area contributed by atoms with E-state index in [0.29, 0.717) is 23.0 Å². The summed E-state index contributed by atoms with van der Waals surface area (Å²) in [7, 11) is -6.54. The molecule has 0 aromatic heterocycles. The van der Waals surface area contributed by atoms with Gasteiger partial charge in [0.05, 0.1) is 5.76 Å². The highest BCUT2D eigenvalue weighted by atomic mass is 31.2. The van der Waals surface area contributed by atoms with Crippen molar-refractivity contribution in [3.05, 3.63) is 133 Å². The molecule has 5 rings (SSSR count). The Morgan fingerprint density at radius 1 is 0.683 bits per heavy atom. The number of hydrogen-bond acceptors (Lipinski definition) is 7. The van der Waals surface area contributed by atoms with Crippen molar-refractivity contribution in [1.82, 2.24) is 0 Å². The van der Waals surface area contributed by atoms with Gasteiger partial charge in [0, 0.05) is 6.42 Å². The Labute approximate surface area is 240 Å². The Balaban J connectivity index is 1.23. The normalized spacial score (nSPS) is 14.3. The minimum atomic E-state index is -4.07. The van der Waals surface area contributed by atoms with Gasteiger partial charge in [-0.25, -0.2) is 0 Å². The fraction of sp³-hybridized carbons (Fsp3) is 0.125. The van der Waals surface area contributed by atoms with Gasteiger partial charge in [0.1, 0.15) is 23.0 Å². The molecule has 2 atom stereocenters. The molecule has 0 amide bonds. The highest BCUT2D eigenvalue weighted by Crippen LogP contribution is 2.50. The summed E-state index contributed by atoms with van der Waals surface area (Å²) < 4.78 is 54.9. The number of ether oxygens (including phenoxy) is 1. The van der Waals surface area contributed by atoms with Crippen LogP contribution in [0, 0.1) is 0 Å². The Morgan fingerprint density at radius 3 is 1.66 bits per heavy atom. The van der Waals surface area contributed by atoms with E-state index in [-0.39, 0.29) is 0 Å². The molecular weight excluding hydrogens is 558 g/mol. The first-order valence-electron chi connectivity index (χ1n) is 13.2. The zero-order chi connectivity index (χ0) is 28.5. The highest BCUT2D eigenvalue weighted by molar-refractivity contribution is 7.49. The lowest BCUT2D eigenvalue weighted by Gasteiger charge is -2.19. The van der Waals surface area contributed by atoms with Crippen molar-refractivity contribution >= 4 is 15.9 Å². The van der Waals surface area contributed by atoms with Crippen molar-refractivity contribution in [2.24, 2.45) is 0 Å². The third-order valence-corrected chi connectivity index (χ3v) is 8.56. The molecule has 0 aliphatic heterocycles. The molecule has 0 fully saturated rings. The molecule has 0 spiro atoms. The maximum atomic E-state index is 13.6. The molecule has 0 bridgehead atoms. The summed E-state index contributed by atoms with van der Waals surface area (Å²) in [4.78, 5) is 0. The number of phosphoric acid groups is 1. The number of rotatable bonds is 12. The SMILES string of the molecule is CC(OC1=CC=CCC1)[PH](=O)Oc1ccc(-c2ccc(OP(=O)(Oc3ccccc3)Oc3ccccc3)cc2)cc1. The van der Waals surface area contributed by atoms with Crippen molar-refractivity contribution in [2.75, 3.05) is 0 Å². The van der Waals surface area contributed by atoms with Gasteiger partial charge in [0.25, 0.3) is 8.03 Å². The summed E-state index contributed by atoms with van der Waals surface area (Å²) in [6.45, 7) is 1.76. The number of para-hydroxylation sites is 2. The quantitative estimate of drug-likeness (QED) is 0.153. The van der Waals surface area contributed by atoms with Gasteiger partial charge in [-0.3, -0.25) is 4.57 Å². The van der Waals surface area contributed by atoms with Gasteiger partial charge in [-0.15, -0.1) is 0 Å². The smallest absolute Gasteiger partial charge is 0.484 e. The Hall–Kier alpha value is -4.18. The average Bonchev–Trinajstić information content (AvgIpc) is 2.99.